The Morgan fingerprint density at radius 3 is 2.50 bits per heavy atom. The number of nitrogens with zero attached hydrogens (tertiary/aromatic N) is 1. The Labute approximate surface area is 154 Å². The number of hydrogen-bond acceptors (Lipinski definition) is 5. The Morgan fingerprint density at radius 1 is 1.12 bits per heavy atom. The van der Waals surface area contributed by atoms with Crippen molar-refractivity contribution in [1.82, 2.24) is 4.98 Å². The average Bonchev–Trinajstić information content (AvgIpc) is 2.62. The van der Waals surface area contributed by atoms with Crippen LogP contribution in [0.25, 0.3) is 10.9 Å². The largest absolute Gasteiger partial charge is 0.497 e. The van der Waals surface area contributed by atoms with Crippen LogP contribution in [0.3, 0.4) is 0 Å². The van der Waals surface area contributed by atoms with Gasteiger partial charge in [0, 0.05) is 29.2 Å². The van der Waals surface area contributed by atoms with Crippen LogP contribution < -0.4 is 14.8 Å². The summed E-state index contributed by atoms with van der Waals surface area (Å²) in [4.78, 5) is 28.5. The normalized spacial score (nSPS) is 10.4. The molecule has 26 heavy (non-hydrogen) atoms. The molecule has 0 aliphatic carbocycles. The lowest BCUT2D eigenvalue weighted by Gasteiger charge is -2.12. The van der Waals surface area contributed by atoms with Crippen molar-refractivity contribution in [3.05, 3.63) is 59.2 Å². The van der Waals surface area contributed by atoms with Crippen LogP contribution in [0.1, 0.15) is 17.3 Å². The Hall–Kier alpha value is -3.12. The van der Waals surface area contributed by atoms with Crippen LogP contribution in [0.15, 0.2) is 48.7 Å². The lowest BCUT2D eigenvalue weighted by Crippen LogP contribution is -2.15. The van der Waals surface area contributed by atoms with Crippen molar-refractivity contribution in [2.45, 2.75) is 6.92 Å². The zero-order chi connectivity index (χ0) is 18.7. The van der Waals surface area contributed by atoms with E-state index in [1.807, 2.05) is 0 Å². The predicted octanol–water partition coefficient (Wildman–Crippen LogP) is 4.07. The molecule has 2 aromatic carbocycles. The van der Waals surface area contributed by atoms with Gasteiger partial charge in [-0.2, -0.15) is 0 Å². The molecule has 0 saturated heterocycles. The molecule has 0 atom stereocenters. The van der Waals surface area contributed by atoms with Crippen molar-refractivity contribution in [2.75, 3.05) is 12.4 Å². The predicted molar refractivity (Wildman–Crippen MR) is 99.0 cm³/mol. The topological polar surface area (TPSA) is 77.5 Å². The van der Waals surface area contributed by atoms with Crippen molar-refractivity contribution in [3.63, 3.8) is 0 Å². The quantitative estimate of drug-likeness (QED) is 0.700. The van der Waals surface area contributed by atoms with Crippen LogP contribution >= 0.6 is 11.6 Å². The Kier molecular flexibility index (Phi) is 5.04. The number of ether oxygens (including phenoxy) is 2. The van der Waals surface area contributed by atoms with Crippen LogP contribution in [0, 0.1) is 0 Å². The minimum absolute atomic E-state index is 0.121. The highest BCUT2D eigenvalue weighted by molar-refractivity contribution is 6.31. The fourth-order valence-corrected chi connectivity index (χ4v) is 2.60. The smallest absolute Gasteiger partial charge is 0.308 e. The summed E-state index contributed by atoms with van der Waals surface area (Å²) in [5.74, 6) is -0.210. The zero-order valence-corrected chi connectivity index (χ0v) is 14.8. The number of esters is 1. The van der Waals surface area contributed by atoms with Gasteiger partial charge in [0.15, 0.2) is 5.75 Å². The summed E-state index contributed by atoms with van der Waals surface area (Å²) in [6.45, 7) is 1.27. The first-order valence-electron chi connectivity index (χ1n) is 7.70. The van der Waals surface area contributed by atoms with Crippen molar-refractivity contribution >= 4 is 40.1 Å². The number of carbonyl (C=O) groups is 2. The van der Waals surface area contributed by atoms with Gasteiger partial charge in [-0.15, -0.1) is 0 Å². The van der Waals surface area contributed by atoms with Crippen molar-refractivity contribution in [3.8, 4) is 11.5 Å². The summed E-state index contributed by atoms with van der Waals surface area (Å²) in [6, 6.07) is 11.8. The second-order valence-corrected chi connectivity index (χ2v) is 5.88. The summed E-state index contributed by atoms with van der Waals surface area (Å²) >= 11 is 6.04. The summed E-state index contributed by atoms with van der Waals surface area (Å²) in [5.41, 5.74) is 1.26. The molecule has 0 unspecified atom stereocenters. The number of methoxy groups -OCH3 is 1. The maximum Gasteiger partial charge on any atom is 0.308 e. The second kappa shape index (κ2) is 7.41. The third-order valence-electron chi connectivity index (χ3n) is 3.62. The SMILES string of the molecule is COc1ccc(NC(=O)c2cnc3ccc(Cl)cc3c2OC(C)=O)cc1. The molecule has 0 radical (unpaired) electrons. The standard InChI is InChI=1S/C19H15ClN2O4/c1-11(23)26-18-15-9-12(20)3-8-17(15)21-10-16(18)19(24)22-13-4-6-14(25-2)7-5-13/h3-10H,1-2H3,(H,22,24). The van der Waals surface area contributed by atoms with Gasteiger partial charge in [-0.05, 0) is 42.5 Å². The number of aromatic nitrogens is 1. The van der Waals surface area contributed by atoms with Gasteiger partial charge in [-0.3, -0.25) is 14.6 Å². The molecule has 0 spiro atoms. The number of rotatable bonds is 4. The second-order valence-electron chi connectivity index (χ2n) is 5.44. The molecule has 1 aromatic heterocycles. The van der Waals surface area contributed by atoms with E-state index in [9.17, 15) is 9.59 Å². The minimum Gasteiger partial charge on any atom is -0.497 e. The fourth-order valence-electron chi connectivity index (χ4n) is 2.43. The Bertz CT molecular complexity index is 987. The van der Waals surface area contributed by atoms with Crippen molar-refractivity contribution in [1.29, 1.82) is 0 Å². The average molecular weight is 371 g/mol. The lowest BCUT2D eigenvalue weighted by molar-refractivity contribution is -0.131. The van der Waals surface area contributed by atoms with Crippen molar-refractivity contribution in [2.24, 2.45) is 0 Å². The van der Waals surface area contributed by atoms with Gasteiger partial charge in [0.25, 0.3) is 5.91 Å². The number of pyridine rings is 1. The number of nitrogens with one attached hydrogen (secondary N) is 1. The van der Waals surface area contributed by atoms with E-state index in [1.54, 1.807) is 49.6 Å². The van der Waals surface area contributed by atoms with Gasteiger partial charge in [-0.25, -0.2) is 0 Å². The van der Waals surface area contributed by atoms with E-state index in [1.165, 1.54) is 13.1 Å². The van der Waals surface area contributed by atoms with E-state index < -0.39 is 11.9 Å². The maximum atomic E-state index is 12.7. The molecule has 1 N–H and O–H groups in total. The van der Waals surface area contributed by atoms with Crippen LogP contribution in [-0.4, -0.2) is 24.0 Å². The molecular formula is C19H15ClN2O4. The highest BCUT2D eigenvalue weighted by atomic mass is 35.5. The highest BCUT2D eigenvalue weighted by Crippen LogP contribution is 2.31. The third-order valence-corrected chi connectivity index (χ3v) is 3.85. The highest BCUT2D eigenvalue weighted by Gasteiger charge is 2.19. The molecule has 1 amide bonds. The van der Waals surface area contributed by atoms with Gasteiger partial charge >= 0.3 is 5.97 Å². The maximum absolute atomic E-state index is 12.7. The lowest BCUT2D eigenvalue weighted by atomic mass is 10.1. The molecule has 1 heterocycles. The number of carbonyl (C=O) groups excluding carboxylic acids is 2. The molecule has 0 bridgehead atoms. The summed E-state index contributed by atoms with van der Waals surface area (Å²) in [6.07, 6.45) is 1.37. The van der Waals surface area contributed by atoms with Crippen LogP contribution in [0.5, 0.6) is 11.5 Å². The monoisotopic (exact) mass is 370 g/mol. The Balaban J connectivity index is 2.01. The van der Waals surface area contributed by atoms with Gasteiger partial charge in [-0.1, -0.05) is 11.6 Å². The van der Waals surface area contributed by atoms with Crippen LogP contribution in [-0.2, 0) is 4.79 Å². The third kappa shape index (κ3) is 3.75. The fraction of sp³-hybridized carbons (Fsp3) is 0.105. The van der Waals surface area contributed by atoms with Gasteiger partial charge in [0.05, 0.1) is 12.6 Å². The Morgan fingerprint density at radius 2 is 1.85 bits per heavy atom. The van der Waals surface area contributed by atoms with E-state index in [2.05, 4.69) is 10.3 Å². The van der Waals surface area contributed by atoms with E-state index >= 15 is 0 Å². The number of anilines is 1. The first-order valence-corrected chi connectivity index (χ1v) is 8.08. The van der Waals surface area contributed by atoms with Crippen LogP contribution in [0.4, 0.5) is 5.69 Å². The van der Waals surface area contributed by atoms with Gasteiger partial charge in [0.2, 0.25) is 0 Å². The number of amides is 1. The van der Waals surface area contributed by atoms with Gasteiger partial charge in [0.1, 0.15) is 11.3 Å². The number of benzene rings is 2. The number of hydrogen-bond donors (Lipinski definition) is 1. The molecule has 0 fully saturated rings. The summed E-state index contributed by atoms with van der Waals surface area (Å²) < 4.78 is 10.4. The van der Waals surface area contributed by atoms with E-state index in [0.29, 0.717) is 27.4 Å². The molecule has 132 valence electrons. The number of halogens is 1. The molecule has 3 rings (SSSR count). The van der Waals surface area contributed by atoms with Gasteiger partial charge < -0.3 is 14.8 Å². The summed E-state index contributed by atoms with van der Waals surface area (Å²) in [7, 11) is 1.56. The number of fused-ring (bicyclic) bond motifs is 1. The van der Waals surface area contributed by atoms with E-state index in [4.69, 9.17) is 21.1 Å². The molecule has 0 aliphatic rings. The summed E-state index contributed by atoms with van der Waals surface area (Å²) in [5, 5.41) is 3.67. The minimum atomic E-state index is -0.545. The zero-order valence-electron chi connectivity index (χ0n) is 14.1. The first-order chi connectivity index (χ1) is 12.5. The molecule has 6 nitrogen and oxygen atoms in total. The van der Waals surface area contributed by atoms with Crippen LogP contribution in [0.2, 0.25) is 5.02 Å². The molecule has 0 aliphatic heterocycles. The molecule has 7 heteroatoms. The van der Waals surface area contributed by atoms with Crippen molar-refractivity contribution < 1.29 is 19.1 Å². The molecule has 0 saturated carbocycles. The molecular weight excluding hydrogens is 356 g/mol. The van der Waals surface area contributed by atoms with E-state index in [0.717, 1.165) is 0 Å². The molecule has 3 aromatic rings. The first kappa shape index (κ1) is 17.7. The van der Waals surface area contributed by atoms with E-state index in [-0.39, 0.29) is 11.3 Å².